The van der Waals surface area contributed by atoms with Gasteiger partial charge in [-0.05, 0) is 61.1 Å². The standard InChI is InChI=1S/C21H23N3O2/c1-14-5-6-16(12-19(14)26-2)21(25)24-10-7-15(8-11-24)18-13-23-20-17(18)4-3-9-22-20/h3-6,9,12-13,15H,7-8,10-11H2,1-2H3,(H,22,23). The molecule has 0 aliphatic carbocycles. The summed E-state index contributed by atoms with van der Waals surface area (Å²) in [5.41, 5.74) is 3.99. The van der Waals surface area contributed by atoms with E-state index in [1.165, 1.54) is 10.9 Å². The minimum absolute atomic E-state index is 0.0855. The van der Waals surface area contributed by atoms with Gasteiger partial charge in [-0.15, -0.1) is 0 Å². The number of likely N-dealkylation sites (tertiary alicyclic amines) is 1. The molecule has 1 aliphatic rings. The van der Waals surface area contributed by atoms with Crippen LogP contribution in [0.2, 0.25) is 0 Å². The van der Waals surface area contributed by atoms with E-state index in [0.717, 1.165) is 42.9 Å². The third kappa shape index (κ3) is 2.94. The molecule has 1 N–H and O–H groups in total. The molecule has 3 aromatic rings. The average molecular weight is 349 g/mol. The lowest BCUT2D eigenvalue weighted by molar-refractivity contribution is 0.0713. The van der Waals surface area contributed by atoms with Gasteiger partial charge in [0.1, 0.15) is 11.4 Å². The normalized spacial score (nSPS) is 15.4. The molecule has 2 aromatic heterocycles. The third-order valence-corrected chi connectivity index (χ3v) is 5.36. The summed E-state index contributed by atoms with van der Waals surface area (Å²) in [6.45, 7) is 3.52. The largest absolute Gasteiger partial charge is 0.496 e. The molecule has 134 valence electrons. The quantitative estimate of drug-likeness (QED) is 0.780. The molecule has 0 bridgehead atoms. The van der Waals surface area contributed by atoms with Crippen molar-refractivity contribution in [2.45, 2.75) is 25.7 Å². The zero-order valence-corrected chi connectivity index (χ0v) is 15.2. The highest BCUT2D eigenvalue weighted by molar-refractivity contribution is 5.95. The number of carbonyl (C=O) groups excluding carboxylic acids is 1. The molecule has 1 aromatic carbocycles. The number of methoxy groups -OCH3 is 1. The highest BCUT2D eigenvalue weighted by Gasteiger charge is 2.26. The van der Waals surface area contributed by atoms with Crippen LogP contribution in [0.5, 0.6) is 5.75 Å². The predicted octanol–water partition coefficient (Wildman–Crippen LogP) is 3.90. The van der Waals surface area contributed by atoms with Gasteiger partial charge in [0.05, 0.1) is 7.11 Å². The molecule has 4 rings (SSSR count). The fourth-order valence-electron chi connectivity index (χ4n) is 3.84. The highest BCUT2D eigenvalue weighted by atomic mass is 16.5. The van der Waals surface area contributed by atoms with Crippen molar-refractivity contribution in [3.8, 4) is 5.75 Å². The van der Waals surface area contributed by atoms with Crippen molar-refractivity contribution < 1.29 is 9.53 Å². The van der Waals surface area contributed by atoms with Crippen molar-refractivity contribution in [2.75, 3.05) is 20.2 Å². The highest BCUT2D eigenvalue weighted by Crippen LogP contribution is 2.33. The summed E-state index contributed by atoms with van der Waals surface area (Å²) in [6.07, 6.45) is 5.82. The summed E-state index contributed by atoms with van der Waals surface area (Å²) in [5, 5.41) is 1.19. The summed E-state index contributed by atoms with van der Waals surface area (Å²) in [5.74, 6) is 1.31. The molecule has 3 heterocycles. The number of piperidine rings is 1. The second kappa shape index (κ2) is 6.83. The van der Waals surface area contributed by atoms with E-state index in [1.807, 2.05) is 36.1 Å². The number of H-pyrrole nitrogens is 1. The lowest BCUT2D eigenvalue weighted by Gasteiger charge is -2.32. The maximum Gasteiger partial charge on any atom is 0.253 e. The fraction of sp³-hybridized carbons (Fsp3) is 0.333. The van der Waals surface area contributed by atoms with Crippen LogP contribution in [0.1, 0.15) is 40.2 Å². The van der Waals surface area contributed by atoms with Gasteiger partial charge in [0.15, 0.2) is 0 Å². The lowest BCUT2D eigenvalue weighted by Crippen LogP contribution is -2.37. The Morgan fingerprint density at radius 2 is 2.08 bits per heavy atom. The van der Waals surface area contributed by atoms with E-state index in [9.17, 15) is 4.79 Å². The van der Waals surface area contributed by atoms with E-state index >= 15 is 0 Å². The zero-order valence-electron chi connectivity index (χ0n) is 15.2. The van der Waals surface area contributed by atoms with Gasteiger partial charge in [-0.2, -0.15) is 0 Å². The first-order valence-electron chi connectivity index (χ1n) is 9.03. The fourth-order valence-corrected chi connectivity index (χ4v) is 3.84. The molecular formula is C21H23N3O2. The molecule has 26 heavy (non-hydrogen) atoms. The number of ether oxygens (including phenoxy) is 1. The van der Waals surface area contributed by atoms with Crippen LogP contribution in [0.25, 0.3) is 11.0 Å². The maximum atomic E-state index is 12.8. The van der Waals surface area contributed by atoms with Crippen molar-refractivity contribution >= 4 is 16.9 Å². The summed E-state index contributed by atoms with van der Waals surface area (Å²) in [6, 6.07) is 9.76. The number of nitrogens with one attached hydrogen (secondary N) is 1. The number of carbonyl (C=O) groups is 1. The third-order valence-electron chi connectivity index (χ3n) is 5.36. The first-order chi connectivity index (χ1) is 12.7. The number of hydrogen-bond acceptors (Lipinski definition) is 3. The molecule has 0 atom stereocenters. The first kappa shape index (κ1) is 16.6. The van der Waals surface area contributed by atoms with Gasteiger partial charge in [0.2, 0.25) is 0 Å². The number of nitrogens with zero attached hydrogens (tertiary/aromatic N) is 2. The smallest absolute Gasteiger partial charge is 0.253 e. The lowest BCUT2D eigenvalue weighted by atomic mass is 9.89. The molecule has 1 saturated heterocycles. The van der Waals surface area contributed by atoms with E-state index in [-0.39, 0.29) is 5.91 Å². The number of hydrogen-bond donors (Lipinski definition) is 1. The molecule has 1 amide bonds. The van der Waals surface area contributed by atoms with Gasteiger partial charge in [0, 0.05) is 36.4 Å². The van der Waals surface area contributed by atoms with Crippen molar-refractivity contribution in [3.05, 3.63) is 59.4 Å². The van der Waals surface area contributed by atoms with Crippen LogP contribution in [-0.4, -0.2) is 41.0 Å². The number of benzene rings is 1. The molecule has 0 unspecified atom stereocenters. The van der Waals surface area contributed by atoms with Crippen molar-refractivity contribution in [1.82, 2.24) is 14.9 Å². The van der Waals surface area contributed by atoms with Gasteiger partial charge in [-0.25, -0.2) is 4.98 Å². The molecule has 1 aliphatic heterocycles. The van der Waals surface area contributed by atoms with Crippen molar-refractivity contribution in [3.63, 3.8) is 0 Å². The van der Waals surface area contributed by atoms with Gasteiger partial charge in [-0.1, -0.05) is 6.07 Å². The topological polar surface area (TPSA) is 58.2 Å². The Kier molecular flexibility index (Phi) is 4.37. The Morgan fingerprint density at radius 3 is 2.85 bits per heavy atom. The summed E-state index contributed by atoms with van der Waals surface area (Å²) < 4.78 is 5.35. The van der Waals surface area contributed by atoms with Crippen molar-refractivity contribution in [2.24, 2.45) is 0 Å². The van der Waals surface area contributed by atoms with E-state index in [0.29, 0.717) is 11.5 Å². The maximum absolute atomic E-state index is 12.8. The molecular weight excluding hydrogens is 326 g/mol. The van der Waals surface area contributed by atoms with Gasteiger partial charge >= 0.3 is 0 Å². The van der Waals surface area contributed by atoms with E-state index in [1.54, 1.807) is 13.3 Å². The number of pyridine rings is 1. The Hall–Kier alpha value is -2.82. The second-order valence-corrected chi connectivity index (χ2v) is 6.89. The number of aromatic amines is 1. The Balaban J connectivity index is 1.47. The Bertz CT molecular complexity index is 939. The zero-order chi connectivity index (χ0) is 18.1. The molecule has 5 heteroatoms. The summed E-state index contributed by atoms with van der Waals surface area (Å²) in [7, 11) is 1.64. The number of rotatable bonds is 3. The summed E-state index contributed by atoms with van der Waals surface area (Å²) in [4.78, 5) is 22.4. The van der Waals surface area contributed by atoms with E-state index in [2.05, 4.69) is 22.2 Å². The monoisotopic (exact) mass is 349 g/mol. The molecule has 5 nitrogen and oxygen atoms in total. The number of amides is 1. The number of fused-ring (bicyclic) bond motifs is 1. The van der Waals surface area contributed by atoms with Crippen LogP contribution >= 0.6 is 0 Å². The molecule has 0 saturated carbocycles. The number of aromatic nitrogens is 2. The minimum atomic E-state index is 0.0855. The van der Waals surface area contributed by atoms with Crippen molar-refractivity contribution in [1.29, 1.82) is 0 Å². The van der Waals surface area contributed by atoms with Crippen LogP contribution in [0, 0.1) is 6.92 Å². The van der Waals surface area contributed by atoms with Gasteiger partial charge in [-0.3, -0.25) is 4.79 Å². The van der Waals surface area contributed by atoms with Crippen LogP contribution in [0.15, 0.2) is 42.7 Å². The van der Waals surface area contributed by atoms with Crippen LogP contribution in [0.3, 0.4) is 0 Å². The molecule has 1 fully saturated rings. The Labute approximate surface area is 153 Å². The van der Waals surface area contributed by atoms with Gasteiger partial charge in [0.25, 0.3) is 5.91 Å². The van der Waals surface area contributed by atoms with E-state index in [4.69, 9.17) is 4.74 Å². The van der Waals surface area contributed by atoms with Gasteiger partial charge < -0.3 is 14.6 Å². The summed E-state index contributed by atoms with van der Waals surface area (Å²) >= 11 is 0. The second-order valence-electron chi connectivity index (χ2n) is 6.89. The van der Waals surface area contributed by atoms with Crippen LogP contribution in [0.4, 0.5) is 0 Å². The molecule has 0 radical (unpaired) electrons. The van der Waals surface area contributed by atoms with Crippen LogP contribution < -0.4 is 4.74 Å². The Morgan fingerprint density at radius 1 is 1.27 bits per heavy atom. The SMILES string of the molecule is COc1cc(C(=O)N2CCC(c3c[nH]c4ncccc34)CC2)ccc1C. The predicted molar refractivity (Wildman–Crippen MR) is 102 cm³/mol. The van der Waals surface area contributed by atoms with Crippen LogP contribution in [-0.2, 0) is 0 Å². The van der Waals surface area contributed by atoms with E-state index < -0.39 is 0 Å². The average Bonchev–Trinajstić information content (AvgIpc) is 3.12. The number of aryl methyl sites for hydroxylation is 1. The molecule has 0 spiro atoms. The minimum Gasteiger partial charge on any atom is -0.496 e. The first-order valence-corrected chi connectivity index (χ1v) is 9.03.